The summed E-state index contributed by atoms with van der Waals surface area (Å²) >= 11 is 0. The largest absolute Gasteiger partial charge is 0.397 e. The molecule has 0 aliphatic carbocycles. The highest BCUT2D eigenvalue weighted by atomic mass is 16.5. The molecule has 5 nitrogen and oxygen atoms in total. The number of nitrogen functional groups attached to an aromatic ring is 1. The molecule has 1 amide bonds. The Morgan fingerprint density at radius 3 is 2.95 bits per heavy atom. The molecule has 1 aromatic carbocycles. The van der Waals surface area contributed by atoms with Gasteiger partial charge in [0.05, 0.1) is 17.0 Å². The van der Waals surface area contributed by atoms with Crippen molar-refractivity contribution in [2.24, 2.45) is 0 Å². The molecule has 2 rings (SSSR count). The molecule has 0 bridgehead atoms. The molecule has 0 saturated carbocycles. The topological polar surface area (TPSA) is 67.6 Å². The fraction of sp³-hybridized carbons (Fsp3) is 0.562. The first-order valence-corrected chi connectivity index (χ1v) is 7.47. The van der Waals surface area contributed by atoms with Gasteiger partial charge >= 0.3 is 0 Å². The lowest BCUT2D eigenvalue weighted by Crippen LogP contribution is -2.47. The van der Waals surface area contributed by atoms with E-state index in [0.29, 0.717) is 17.8 Å². The van der Waals surface area contributed by atoms with Gasteiger partial charge in [0.15, 0.2) is 0 Å². The molecule has 1 heterocycles. The Kier molecular flexibility index (Phi) is 4.73. The quantitative estimate of drug-likeness (QED) is 0.833. The first kappa shape index (κ1) is 15.6. The monoisotopic (exact) mass is 291 g/mol. The lowest BCUT2D eigenvalue weighted by molar-refractivity contribution is -0.00462. The molecule has 116 valence electrons. The summed E-state index contributed by atoms with van der Waals surface area (Å²) in [5.74, 6) is -0.0646. The van der Waals surface area contributed by atoms with Gasteiger partial charge in [0, 0.05) is 32.3 Å². The molecule has 1 aliphatic rings. The van der Waals surface area contributed by atoms with E-state index in [9.17, 15) is 4.79 Å². The summed E-state index contributed by atoms with van der Waals surface area (Å²) in [7, 11) is 1.75. The van der Waals surface area contributed by atoms with Crippen molar-refractivity contribution >= 4 is 17.3 Å². The highest BCUT2D eigenvalue weighted by molar-refractivity contribution is 5.96. The maximum Gasteiger partial charge on any atom is 0.251 e. The number of nitrogens with two attached hydrogens (primary N) is 1. The van der Waals surface area contributed by atoms with E-state index < -0.39 is 0 Å². The van der Waals surface area contributed by atoms with E-state index in [0.717, 1.165) is 31.6 Å². The summed E-state index contributed by atoms with van der Waals surface area (Å²) < 4.78 is 5.62. The van der Waals surface area contributed by atoms with Crippen LogP contribution in [-0.4, -0.2) is 38.3 Å². The van der Waals surface area contributed by atoms with E-state index in [1.165, 1.54) is 0 Å². The van der Waals surface area contributed by atoms with Crippen molar-refractivity contribution < 1.29 is 9.53 Å². The second-order valence-electron chi connectivity index (χ2n) is 5.81. The molecule has 21 heavy (non-hydrogen) atoms. The normalized spacial score (nSPS) is 22.1. The highest BCUT2D eigenvalue weighted by Gasteiger charge is 2.31. The zero-order chi connectivity index (χ0) is 15.5. The minimum atomic E-state index is -0.160. The molecule has 3 N–H and O–H groups in total. The van der Waals surface area contributed by atoms with Crippen LogP contribution >= 0.6 is 0 Å². The summed E-state index contributed by atoms with van der Waals surface area (Å²) in [4.78, 5) is 14.2. The third-order valence-electron chi connectivity index (χ3n) is 4.12. The molecule has 1 saturated heterocycles. The fourth-order valence-corrected chi connectivity index (χ4v) is 2.80. The molecule has 0 aromatic heterocycles. The Balaban J connectivity index is 2.26. The minimum Gasteiger partial charge on any atom is -0.397 e. The average Bonchev–Trinajstić information content (AvgIpc) is 2.48. The number of hydrogen-bond donors (Lipinski definition) is 2. The van der Waals surface area contributed by atoms with Crippen molar-refractivity contribution in [2.45, 2.75) is 32.3 Å². The summed E-state index contributed by atoms with van der Waals surface area (Å²) in [5, 5.41) is 2.82. The first-order chi connectivity index (χ1) is 9.99. The van der Waals surface area contributed by atoms with Crippen LogP contribution in [0.1, 0.15) is 37.0 Å². The number of piperidine rings is 1. The average molecular weight is 291 g/mol. The van der Waals surface area contributed by atoms with Crippen molar-refractivity contribution in [3.8, 4) is 0 Å². The van der Waals surface area contributed by atoms with Gasteiger partial charge in [-0.2, -0.15) is 0 Å². The standard InChI is InChI=1S/C16H25N3O2/c1-4-18-15(20)12-6-7-13(17)14(10-12)19-9-5-8-16(2,11-19)21-3/h6-7,10H,4-5,8-9,11,17H2,1-3H3,(H,18,20). The lowest BCUT2D eigenvalue weighted by atomic mass is 9.94. The number of amides is 1. The van der Waals surface area contributed by atoms with Crippen LogP contribution in [0.15, 0.2) is 18.2 Å². The van der Waals surface area contributed by atoms with Gasteiger partial charge in [0.1, 0.15) is 0 Å². The molecule has 1 aromatic rings. The molecular weight excluding hydrogens is 266 g/mol. The molecular formula is C16H25N3O2. The second-order valence-corrected chi connectivity index (χ2v) is 5.81. The van der Waals surface area contributed by atoms with E-state index in [4.69, 9.17) is 10.5 Å². The number of methoxy groups -OCH3 is 1. The molecule has 1 fully saturated rings. The predicted molar refractivity (Wildman–Crippen MR) is 85.7 cm³/mol. The van der Waals surface area contributed by atoms with Crippen LogP contribution in [-0.2, 0) is 4.74 Å². The Labute approximate surface area is 126 Å². The predicted octanol–water partition coefficient (Wildman–Crippen LogP) is 2.02. The maximum atomic E-state index is 12.0. The van der Waals surface area contributed by atoms with Gasteiger partial charge in [0.25, 0.3) is 5.91 Å². The van der Waals surface area contributed by atoms with E-state index >= 15 is 0 Å². The number of ether oxygens (including phenoxy) is 1. The number of carbonyl (C=O) groups is 1. The number of nitrogens with one attached hydrogen (secondary N) is 1. The van der Waals surface area contributed by atoms with Crippen LogP contribution in [0.3, 0.4) is 0 Å². The van der Waals surface area contributed by atoms with Crippen molar-refractivity contribution in [1.29, 1.82) is 0 Å². The van der Waals surface area contributed by atoms with Crippen LogP contribution in [0.2, 0.25) is 0 Å². The van der Waals surface area contributed by atoms with Gasteiger partial charge in [-0.1, -0.05) is 0 Å². The summed E-state index contributed by atoms with van der Waals surface area (Å²) in [6.45, 7) is 6.35. The van der Waals surface area contributed by atoms with Crippen LogP contribution < -0.4 is 16.0 Å². The fourth-order valence-electron chi connectivity index (χ4n) is 2.80. The Morgan fingerprint density at radius 1 is 1.52 bits per heavy atom. The van der Waals surface area contributed by atoms with Gasteiger partial charge in [-0.05, 0) is 44.9 Å². The smallest absolute Gasteiger partial charge is 0.251 e. The Hall–Kier alpha value is -1.75. The van der Waals surface area contributed by atoms with E-state index in [2.05, 4.69) is 17.1 Å². The third-order valence-corrected chi connectivity index (χ3v) is 4.12. The number of carbonyl (C=O) groups excluding carboxylic acids is 1. The highest BCUT2D eigenvalue weighted by Crippen LogP contribution is 2.32. The maximum absolute atomic E-state index is 12.0. The SMILES string of the molecule is CCNC(=O)c1ccc(N)c(N2CCCC(C)(OC)C2)c1. The number of rotatable bonds is 4. The lowest BCUT2D eigenvalue weighted by Gasteiger charge is -2.41. The Morgan fingerprint density at radius 2 is 2.29 bits per heavy atom. The van der Waals surface area contributed by atoms with Crippen LogP contribution in [0.5, 0.6) is 0 Å². The van der Waals surface area contributed by atoms with Gasteiger partial charge in [-0.3, -0.25) is 4.79 Å². The zero-order valence-corrected chi connectivity index (χ0v) is 13.1. The first-order valence-electron chi connectivity index (χ1n) is 7.47. The molecule has 1 atom stereocenters. The molecule has 1 aliphatic heterocycles. The summed E-state index contributed by atoms with van der Waals surface area (Å²) in [5.41, 5.74) is 8.21. The summed E-state index contributed by atoms with van der Waals surface area (Å²) in [6.07, 6.45) is 2.09. The van der Waals surface area contributed by atoms with Gasteiger partial charge in [-0.15, -0.1) is 0 Å². The molecule has 0 radical (unpaired) electrons. The minimum absolute atomic E-state index is 0.0646. The van der Waals surface area contributed by atoms with E-state index in [1.807, 2.05) is 13.0 Å². The number of benzene rings is 1. The molecule has 5 heteroatoms. The van der Waals surface area contributed by atoms with Gasteiger partial charge < -0.3 is 20.7 Å². The van der Waals surface area contributed by atoms with E-state index in [-0.39, 0.29) is 11.5 Å². The number of nitrogens with zero attached hydrogens (tertiary/aromatic N) is 1. The second kappa shape index (κ2) is 6.35. The van der Waals surface area contributed by atoms with Gasteiger partial charge in [0.2, 0.25) is 0 Å². The van der Waals surface area contributed by atoms with Crippen molar-refractivity contribution in [1.82, 2.24) is 5.32 Å². The zero-order valence-electron chi connectivity index (χ0n) is 13.1. The number of hydrogen-bond acceptors (Lipinski definition) is 4. The van der Waals surface area contributed by atoms with Crippen molar-refractivity contribution in [3.05, 3.63) is 23.8 Å². The van der Waals surface area contributed by atoms with Crippen LogP contribution in [0.25, 0.3) is 0 Å². The van der Waals surface area contributed by atoms with Crippen molar-refractivity contribution in [2.75, 3.05) is 37.4 Å². The summed E-state index contributed by atoms with van der Waals surface area (Å²) in [6, 6.07) is 5.45. The van der Waals surface area contributed by atoms with Crippen LogP contribution in [0.4, 0.5) is 11.4 Å². The van der Waals surface area contributed by atoms with Gasteiger partial charge in [-0.25, -0.2) is 0 Å². The van der Waals surface area contributed by atoms with E-state index in [1.54, 1.807) is 19.2 Å². The third kappa shape index (κ3) is 3.47. The van der Waals surface area contributed by atoms with Crippen molar-refractivity contribution in [3.63, 3.8) is 0 Å². The number of anilines is 2. The molecule has 1 unspecified atom stereocenters. The Bertz CT molecular complexity index is 518. The van der Waals surface area contributed by atoms with Crippen LogP contribution in [0, 0.1) is 0 Å². The molecule has 0 spiro atoms.